The van der Waals surface area contributed by atoms with Crippen molar-refractivity contribution in [2.45, 2.75) is 39.3 Å². The molecule has 6 nitrogen and oxygen atoms in total. The van der Waals surface area contributed by atoms with Crippen molar-refractivity contribution in [3.05, 3.63) is 65.0 Å². The molecule has 0 aliphatic heterocycles. The van der Waals surface area contributed by atoms with Gasteiger partial charge >= 0.3 is 0 Å². The Balaban J connectivity index is 1.63. The lowest BCUT2D eigenvalue weighted by Gasteiger charge is -2.22. The van der Waals surface area contributed by atoms with Crippen LogP contribution in [0.4, 0.5) is 0 Å². The Bertz CT molecular complexity index is 939. The van der Waals surface area contributed by atoms with Gasteiger partial charge in [-0.05, 0) is 54.8 Å². The highest BCUT2D eigenvalue weighted by molar-refractivity contribution is 6.30. The molecule has 1 unspecified atom stereocenters. The molecular formula is C22H24ClN3O3. The van der Waals surface area contributed by atoms with Gasteiger partial charge in [0.1, 0.15) is 5.75 Å². The number of carbonyl (C=O) groups excluding carboxylic acids is 1. The Labute approximate surface area is 175 Å². The van der Waals surface area contributed by atoms with Gasteiger partial charge in [0, 0.05) is 17.6 Å². The van der Waals surface area contributed by atoms with E-state index < -0.39 is 6.10 Å². The van der Waals surface area contributed by atoms with Crippen LogP contribution < -0.4 is 4.74 Å². The molecule has 0 N–H and O–H groups in total. The van der Waals surface area contributed by atoms with Crippen molar-refractivity contribution in [3.8, 4) is 17.1 Å². The third kappa shape index (κ3) is 5.35. The number of halogens is 1. The highest BCUT2D eigenvalue weighted by atomic mass is 35.5. The zero-order chi connectivity index (χ0) is 20.8. The summed E-state index contributed by atoms with van der Waals surface area (Å²) in [5.41, 5.74) is 2.02. The molecule has 0 saturated carbocycles. The number of carbonyl (C=O) groups is 1. The maximum Gasteiger partial charge on any atom is 0.263 e. The molecule has 0 radical (unpaired) electrons. The highest BCUT2D eigenvalue weighted by Gasteiger charge is 2.24. The van der Waals surface area contributed by atoms with Gasteiger partial charge in [0.05, 0.1) is 6.54 Å². The Kier molecular flexibility index (Phi) is 6.88. The second-order valence-electron chi connectivity index (χ2n) is 6.73. The predicted octanol–water partition coefficient (Wildman–Crippen LogP) is 4.77. The summed E-state index contributed by atoms with van der Waals surface area (Å²) in [4.78, 5) is 18.7. The minimum absolute atomic E-state index is 0.140. The highest BCUT2D eigenvalue weighted by Crippen LogP contribution is 2.20. The zero-order valence-electron chi connectivity index (χ0n) is 16.8. The average molecular weight is 414 g/mol. The van der Waals surface area contributed by atoms with Gasteiger partial charge in [0.25, 0.3) is 5.91 Å². The minimum atomic E-state index is -0.578. The second kappa shape index (κ2) is 9.56. The number of ether oxygens (including phenoxy) is 1. The normalized spacial score (nSPS) is 11.9. The molecule has 7 heteroatoms. The van der Waals surface area contributed by atoms with Crippen molar-refractivity contribution in [2.24, 2.45) is 0 Å². The molecule has 1 atom stereocenters. The first kappa shape index (κ1) is 20.9. The van der Waals surface area contributed by atoms with Gasteiger partial charge in [-0.1, -0.05) is 42.7 Å². The summed E-state index contributed by atoms with van der Waals surface area (Å²) < 4.78 is 11.2. The van der Waals surface area contributed by atoms with Gasteiger partial charge < -0.3 is 14.2 Å². The monoisotopic (exact) mass is 413 g/mol. The van der Waals surface area contributed by atoms with Crippen LogP contribution in [-0.2, 0) is 17.8 Å². The first-order valence-corrected chi connectivity index (χ1v) is 9.97. The number of likely N-dealkylation sites (N-methyl/N-ethyl adjacent to an activating group) is 1. The van der Waals surface area contributed by atoms with Gasteiger partial charge in [-0.25, -0.2) is 0 Å². The summed E-state index contributed by atoms with van der Waals surface area (Å²) in [7, 11) is 1.70. The molecule has 0 aliphatic rings. The Morgan fingerprint density at radius 3 is 2.45 bits per heavy atom. The number of hydrogen-bond donors (Lipinski definition) is 0. The molecule has 1 amide bonds. The molecule has 0 spiro atoms. The van der Waals surface area contributed by atoms with E-state index in [2.05, 4.69) is 17.1 Å². The quantitative estimate of drug-likeness (QED) is 0.532. The molecule has 0 fully saturated rings. The van der Waals surface area contributed by atoms with E-state index in [0.717, 1.165) is 12.0 Å². The summed E-state index contributed by atoms with van der Waals surface area (Å²) in [6.07, 6.45) is 0.936. The topological polar surface area (TPSA) is 68.5 Å². The van der Waals surface area contributed by atoms with Crippen molar-refractivity contribution in [1.29, 1.82) is 0 Å². The molecule has 3 aromatic rings. The van der Waals surface area contributed by atoms with Crippen molar-refractivity contribution < 1.29 is 14.1 Å². The first-order chi connectivity index (χ1) is 14.0. The van der Waals surface area contributed by atoms with Crippen molar-refractivity contribution in [3.63, 3.8) is 0 Å². The first-order valence-electron chi connectivity index (χ1n) is 9.59. The standard InChI is InChI=1S/C22H24ClN3O3/c1-4-15-6-12-18(13-7-15)28-19(5-2)22(27)26(3)14-20-24-21(25-29-20)16-8-10-17(23)11-9-16/h6-13,19H,4-5,14H2,1-3H3. The van der Waals surface area contributed by atoms with Gasteiger partial charge in [0.15, 0.2) is 6.10 Å². The third-order valence-electron chi connectivity index (χ3n) is 4.58. The Morgan fingerprint density at radius 2 is 1.83 bits per heavy atom. The number of aromatic nitrogens is 2. The van der Waals surface area contributed by atoms with E-state index in [1.165, 1.54) is 10.5 Å². The third-order valence-corrected chi connectivity index (χ3v) is 4.83. The van der Waals surface area contributed by atoms with Gasteiger partial charge in [0.2, 0.25) is 11.7 Å². The summed E-state index contributed by atoms with van der Waals surface area (Å²) in [5.74, 6) is 1.35. The van der Waals surface area contributed by atoms with E-state index in [9.17, 15) is 4.79 Å². The number of aryl methyl sites for hydroxylation is 1. The SMILES string of the molecule is CCc1ccc(OC(CC)C(=O)N(C)Cc2nc(-c3ccc(Cl)cc3)no2)cc1. The Morgan fingerprint density at radius 1 is 1.14 bits per heavy atom. The van der Waals surface area contributed by atoms with E-state index in [-0.39, 0.29) is 12.5 Å². The van der Waals surface area contributed by atoms with E-state index in [1.54, 1.807) is 19.2 Å². The largest absolute Gasteiger partial charge is 0.481 e. The number of amides is 1. The number of nitrogens with zero attached hydrogens (tertiary/aromatic N) is 3. The van der Waals surface area contributed by atoms with Crippen molar-refractivity contribution >= 4 is 17.5 Å². The van der Waals surface area contributed by atoms with Crippen LogP contribution in [0.3, 0.4) is 0 Å². The van der Waals surface area contributed by atoms with Gasteiger partial charge in [-0.2, -0.15) is 4.98 Å². The van der Waals surface area contributed by atoms with Gasteiger partial charge in [-0.15, -0.1) is 0 Å². The molecule has 1 heterocycles. The molecule has 152 valence electrons. The van der Waals surface area contributed by atoms with Gasteiger partial charge in [-0.3, -0.25) is 4.79 Å². The fourth-order valence-corrected chi connectivity index (χ4v) is 2.96. The summed E-state index contributed by atoms with van der Waals surface area (Å²) in [6, 6.07) is 15.0. The van der Waals surface area contributed by atoms with Crippen molar-refractivity contribution in [2.75, 3.05) is 7.05 Å². The van der Waals surface area contributed by atoms with Crippen LogP contribution in [0.25, 0.3) is 11.4 Å². The van der Waals surface area contributed by atoms with E-state index in [4.69, 9.17) is 20.9 Å². The Hall–Kier alpha value is -2.86. The minimum Gasteiger partial charge on any atom is -0.481 e. The molecule has 0 bridgehead atoms. The summed E-state index contributed by atoms with van der Waals surface area (Å²) in [6.45, 7) is 4.22. The average Bonchev–Trinajstić information content (AvgIpc) is 3.20. The van der Waals surface area contributed by atoms with E-state index in [1.807, 2.05) is 43.3 Å². The predicted molar refractivity (Wildman–Crippen MR) is 112 cm³/mol. The van der Waals surface area contributed by atoms with Crippen LogP contribution in [0, 0.1) is 0 Å². The molecule has 0 saturated heterocycles. The molecular weight excluding hydrogens is 390 g/mol. The molecule has 1 aromatic heterocycles. The summed E-state index contributed by atoms with van der Waals surface area (Å²) in [5, 5.41) is 4.62. The maximum atomic E-state index is 12.8. The lowest BCUT2D eigenvalue weighted by Crippen LogP contribution is -2.39. The second-order valence-corrected chi connectivity index (χ2v) is 7.16. The van der Waals surface area contributed by atoms with Crippen LogP contribution in [0.15, 0.2) is 53.1 Å². The van der Waals surface area contributed by atoms with Crippen molar-refractivity contribution in [1.82, 2.24) is 15.0 Å². The number of rotatable bonds is 8. The zero-order valence-corrected chi connectivity index (χ0v) is 17.5. The molecule has 29 heavy (non-hydrogen) atoms. The molecule has 3 rings (SSSR count). The summed E-state index contributed by atoms with van der Waals surface area (Å²) >= 11 is 5.90. The van der Waals surface area contributed by atoms with Crippen LogP contribution in [-0.4, -0.2) is 34.1 Å². The van der Waals surface area contributed by atoms with Crippen LogP contribution in [0.1, 0.15) is 31.7 Å². The maximum absolute atomic E-state index is 12.8. The molecule has 2 aromatic carbocycles. The molecule has 0 aliphatic carbocycles. The van der Waals surface area contributed by atoms with Crippen LogP contribution >= 0.6 is 11.6 Å². The van der Waals surface area contributed by atoms with E-state index in [0.29, 0.717) is 28.9 Å². The fraction of sp³-hybridized carbons (Fsp3) is 0.318. The smallest absolute Gasteiger partial charge is 0.263 e. The fourth-order valence-electron chi connectivity index (χ4n) is 2.84. The number of hydrogen-bond acceptors (Lipinski definition) is 5. The lowest BCUT2D eigenvalue weighted by atomic mass is 10.1. The lowest BCUT2D eigenvalue weighted by molar-refractivity contribution is -0.138. The van der Waals surface area contributed by atoms with Crippen LogP contribution in [0.5, 0.6) is 5.75 Å². The van der Waals surface area contributed by atoms with Crippen LogP contribution in [0.2, 0.25) is 5.02 Å². The van der Waals surface area contributed by atoms with E-state index >= 15 is 0 Å². The number of benzene rings is 2.